The first kappa shape index (κ1) is 17.2. The molecule has 5 nitrogen and oxygen atoms in total. The van der Waals surface area contributed by atoms with Crippen LogP contribution in [0.3, 0.4) is 0 Å². The van der Waals surface area contributed by atoms with Gasteiger partial charge in [-0.2, -0.15) is 4.31 Å². The summed E-state index contributed by atoms with van der Waals surface area (Å²) in [5, 5.41) is 0. The van der Waals surface area contributed by atoms with E-state index in [1.54, 1.807) is 28.6 Å². The molecule has 1 aromatic carbocycles. The van der Waals surface area contributed by atoms with Crippen LogP contribution in [-0.4, -0.2) is 30.4 Å². The molecule has 1 fully saturated rings. The van der Waals surface area contributed by atoms with Crippen molar-refractivity contribution < 1.29 is 8.42 Å². The molecule has 2 aliphatic heterocycles. The highest BCUT2D eigenvalue weighted by atomic mass is 32.2. The molecule has 1 saturated heterocycles. The van der Waals surface area contributed by atoms with Gasteiger partial charge in [-0.1, -0.05) is 30.4 Å². The smallest absolute Gasteiger partial charge is 0.258 e. The van der Waals surface area contributed by atoms with Crippen molar-refractivity contribution >= 4 is 16.1 Å². The van der Waals surface area contributed by atoms with Gasteiger partial charge in [0.2, 0.25) is 10.0 Å². The Balaban J connectivity index is 1.69. The Kier molecular flexibility index (Phi) is 4.32. The lowest BCUT2D eigenvalue weighted by molar-refractivity contribution is 0.186. The average Bonchev–Trinajstić information content (AvgIpc) is 2.65. The number of aromatic nitrogens is 1. The zero-order valence-corrected chi connectivity index (χ0v) is 15.5. The van der Waals surface area contributed by atoms with Gasteiger partial charge in [0.05, 0.1) is 4.90 Å². The number of sulfonamides is 1. The second-order valence-corrected chi connectivity index (χ2v) is 9.00. The van der Waals surface area contributed by atoms with Gasteiger partial charge in [-0.05, 0) is 43.5 Å². The Bertz CT molecular complexity index is 1010. The highest BCUT2D eigenvalue weighted by Crippen LogP contribution is 2.37. The molecule has 136 valence electrons. The molecule has 0 radical (unpaired) electrons. The zero-order valence-electron chi connectivity index (χ0n) is 14.7. The molecule has 0 amide bonds. The number of hydrogen-bond donors (Lipinski definition) is 0. The Labute approximate surface area is 153 Å². The summed E-state index contributed by atoms with van der Waals surface area (Å²) in [6.45, 7) is 3.37. The summed E-state index contributed by atoms with van der Waals surface area (Å²) in [7, 11) is -3.50. The highest BCUT2D eigenvalue weighted by Gasteiger charge is 2.39. The number of piperidine rings is 1. The highest BCUT2D eigenvalue weighted by molar-refractivity contribution is 7.89. The monoisotopic (exact) mass is 370 g/mol. The first-order valence-electron chi connectivity index (χ1n) is 8.92. The van der Waals surface area contributed by atoms with Crippen LogP contribution in [0.1, 0.15) is 30.5 Å². The van der Waals surface area contributed by atoms with Crippen molar-refractivity contribution in [1.82, 2.24) is 8.87 Å². The van der Waals surface area contributed by atoms with Crippen LogP contribution < -0.4 is 5.56 Å². The van der Waals surface area contributed by atoms with Crippen LogP contribution in [0.15, 0.2) is 58.2 Å². The van der Waals surface area contributed by atoms with Gasteiger partial charge >= 0.3 is 0 Å². The molecular formula is C20H22N2O3S. The van der Waals surface area contributed by atoms with Gasteiger partial charge in [0.1, 0.15) is 0 Å². The topological polar surface area (TPSA) is 59.4 Å². The lowest BCUT2D eigenvalue weighted by atomic mass is 9.84. The summed E-state index contributed by atoms with van der Waals surface area (Å²) < 4.78 is 29.4. The summed E-state index contributed by atoms with van der Waals surface area (Å²) in [6, 6.07) is 12.4. The second-order valence-electron chi connectivity index (χ2n) is 7.06. The summed E-state index contributed by atoms with van der Waals surface area (Å²) in [5.41, 5.74) is 1.66. The molecule has 2 atom stereocenters. The second kappa shape index (κ2) is 6.52. The molecule has 0 saturated carbocycles. The number of pyridine rings is 1. The predicted molar refractivity (Wildman–Crippen MR) is 101 cm³/mol. The Morgan fingerprint density at radius 1 is 1.04 bits per heavy atom. The van der Waals surface area contributed by atoms with Crippen LogP contribution in [0.25, 0.3) is 6.08 Å². The fourth-order valence-electron chi connectivity index (χ4n) is 4.16. The quantitative estimate of drug-likeness (QED) is 0.835. The molecule has 0 N–H and O–H groups in total. The first-order valence-corrected chi connectivity index (χ1v) is 10.4. The Morgan fingerprint density at radius 2 is 1.81 bits per heavy atom. The van der Waals surface area contributed by atoms with Crippen LogP contribution in [0.5, 0.6) is 0 Å². The van der Waals surface area contributed by atoms with E-state index >= 15 is 0 Å². The van der Waals surface area contributed by atoms with E-state index in [1.165, 1.54) is 0 Å². The Morgan fingerprint density at radius 3 is 2.54 bits per heavy atom. The van der Waals surface area contributed by atoms with Crippen molar-refractivity contribution in [3.63, 3.8) is 0 Å². The van der Waals surface area contributed by atoms with Crippen LogP contribution in [0.4, 0.5) is 0 Å². The number of fused-ring (bicyclic) bond motifs is 4. The number of nitrogens with zero attached hydrogens (tertiary/aromatic N) is 2. The van der Waals surface area contributed by atoms with E-state index in [2.05, 4.69) is 0 Å². The van der Waals surface area contributed by atoms with Gasteiger partial charge in [0.25, 0.3) is 5.56 Å². The van der Waals surface area contributed by atoms with Gasteiger partial charge in [0.15, 0.2) is 0 Å². The summed E-state index contributed by atoms with van der Waals surface area (Å²) in [6.07, 6.45) is 4.62. The third-order valence-electron chi connectivity index (χ3n) is 5.33. The maximum atomic E-state index is 13.0. The fraction of sp³-hybridized carbons (Fsp3) is 0.350. The van der Waals surface area contributed by atoms with Gasteiger partial charge < -0.3 is 4.57 Å². The molecule has 4 rings (SSSR count). The maximum absolute atomic E-state index is 13.0. The van der Waals surface area contributed by atoms with Gasteiger partial charge in [0, 0.05) is 36.8 Å². The maximum Gasteiger partial charge on any atom is 0.258 e. The van der Waals surface area contributed by atoms with E-state index in [0.29, 0.717) is 30.1 Å². The molecule has 1 aromatic heterocycles. The lowest BCUT2D eigenvalue weighted by Gasteiger charge is -2.42. The molecule has 3 heterocycles. The average molecular weight is 370 g/mol. The normalized spacial score (nSPS) is 23.1. The molecule has 2 aromatic rings. The molecular weight excluding hydrogens is 348 g/mol. The predicted octanol–water partition coefficient (Wildman–Crippen LogP) is 2.69. The van der Waals surface area contributed by atoms with E-state index in [0.717, 1.165) is 12.1 Å². The van der Waals surface area contributed by atoms with Crippen LogP contribution in [-0.2, 0) is 16.6 Å². The van der Waals surface area contributed by atoms with Crippen molar-refractivity contribution in [3.8, 4) is 0 Å². The van der Waals surface area contributed by atoms with Crippen molar-refractivity contribution in [2.45, 2.75) is 30.7 Å². The number of hydrogen-bond acceptors (Lipinski definition) is 3. The molecule has 2 aliphatic rings. The summed E-state index contributed by atoms with van der Waals surface area (Å²) in [4.78, 5) is 13.0. The third kappa shape index (κ3) is 2.83. The van der Waals surface area contributed by atoms with Crippen molar-refractivity contribution in [1.29, 1.82) is 0 Å². The fourth-order valence-corrected chi connectivity index (χ4v) is 5.75. The van der Waals surface area contributed by atoms with Gasteiger partial charge in [-0.3, -0.25) is 4.79 Å². The molecule has 2 bridgehead atoms. The molecule has 2 unspecified atom stereocenters. The van der Waals surface area contributed by atoms with E-state index in [9.17, 15) is 13.2 Å². The van der Waals surface area contributed by atoms with Gasteiger partial charge in [-0.15, -0.1) is 0 Å². The van der Waals surface area contributed by atoms with E-state index in [4.69, 9.17) is 0 Å². The standard InChI is InChI=1S/C20H22N2O3S/c1-2-6-16-9-10-19-17-11-15(13-22(19)20(16)23)12-21(14-17)26(24,25)18-7-4-3-5-8-18/h2-10,15,17H,11-14H2,1H3. The van der Waals surface area contributed by atoms with E-state index in [-0.39, 0.29) is 17.4 Å². The zero-order chi connectivity index (χ0) is 18.3. The number of benzene rings is 1. The van der Waals surface area contributed by atoms with Gasteiger partial charge in [-0.25, -0.2) is 8.42 Å². The van der Waals surface area contributed by atoms with Crippen molar-refractivity contribution in [2.75, 3.05) is 13.1 Å². The van der Waals surface area contributed by atoms with E-state index < -0.39 is 10.0 Å². The van der Waals surface area contributed by atoms with Crippen molar-refractivity contribution in [3.05, 3.63) is 70.2 Å². The minimum atomic E-state index is -3.50. The Hall–Kier alpha value is -2.18. The third-order valence-corrected chi connectivity index (χ3v) is 7.17. The van der Waals surface area contributed by atoms with E-state index in [1.807, 2.05) is 41.8 Å². The summed E-state index contributed by atoms with van der Waals surface area (Å²) >= 11 is 0. The minimum Gasteiger partial charge on any atom is -0.311 e. The van der Waals surface area contributed by atoms with Crippen LogP contribution in [0.2, 0.25) is 0 Å². The summed E-state index contributed by atoms with van der Waals surface area (Å²) in [5.74, 6) is 0.228. The number of allylic oxidation sites excluding steroid dienone is 1. The minimum absolute atomic E-state index is 0.0228. The largest absolute Gasteiger partial charge is 0.311 e. The van der Waals surface area contributed by atoms with Crippen LogP contribution >= 0.6 is 0 Å². The van der Waals surface area contributed by atoms with Crippen LogP contribution in [0, 0.1) is 5.92 Å². The number of rotatable bonds is 3. The molecule has 6 heteroatoms. The molecule has 26 heavy (non-hydrogen) atoms. The van der Waals surface area contributed by atoms with Crippen molar-refractivity contribution in [2.24, 2.45) is 5.92 Å². The first-order chi connectivity index (χ1) is 12.5. The lowest BCUT2D eigenvalue weighted by Crippen LogP contribution is -2.49. The molecule has 0 aliphatic carbocycles. The SMILES string of the molecule is CC=Cc1ccc2n(c1=O)CC1CC2CN(S(=O)(=O)c2ccccc2)C1. The molecule has 0 spiro atoms.